The summed E-state index contributed by atoms with van der Waals surface area (Å²) in [6.07, 6.45) is 6.08. The zero-order chi connectivity index (χ0) is 15.9. The third-order valence-electron chi connectivity index (χ3n) is 4.34. The fourth-order valence-corrected chi connectivity index (χ4v) is 3.04. The van der Waals surface area contributed by atoms with Gasteiger partial charge in [0.15, 0.2) is 11.6 Å². The number of hydrogen-bond acceptors (Lipinski definition) is 4. The van der Waals surface area contributed by atoms with E-state index in [0.717, 1.165) is 25.7 Å². The van der Waals surface area contributed by atoms with Crippen molar-refractivity contribution >= 4 is 23.4 Å². The molecule has 2 amide bonds. The molecule has 0 saturated carbocycles. The molecule has 0 aromatic heterocycles. The first-order valence-electron chi connectivity index (χ1n) is 8.20. The second kappa shape index (κ2) is 8.06. The summed E-state index contributed by atoms with van der Waals surface area (Å²) in [6.45, 7) is 0. The van der Waals surface area contributed by atoms with Gasteiger partial charge in [0.2, 0.25) is 11.8 Å². The van der Waals surface area contributed by atoms with Gasteiger partial charge in [-0.15, -0.1) is 0 Å². The molecule has 2 atom stereocenters. The van der Waals surface area contributed by atoms with Gasteiger partial charge in [0.1, 0.15) is 0 Å². The first kappa shape index (κ1) is 16.6. The summed E-state index contributed by atoms with van der Waals surface area (Å²) < 4.78 is 0. The minimum absolute atomic E-state index is 0.0483. The number of nitrogens with one attached hydrogen (secondary N) is 2. The van der Waals surface area contributed by atoms with E-state index >= 15 is 0 Å². The van der Waals surface area contributed by atoms with Crippen LogP contribution in [-0.2, 0) is 19.2 Å². The van der Waals surface area contributed by atoms with Crippen molar-refractivity contribution in [3.63, 3.8) is 0 Å². The van der Waals surface area contributed by atoms with Crippen molar-refractivity contribution in [1.29, 1.82) is 0 Å². The van der Waals surface area contributed by atoms with E-state index in [0.29, 0.717) is 38.5 Å². The maximum Gasteiger partial charge on any atom is 0.220 e. The molecule has 6 nitrogen and oxygen atoms in total. The summed E-state index contributed by atoms with van der Waals surface area (Å²) in [5.74, 6) is 0.0265. The van der Waals surface area contributed by atoms with E-state index in [1.807, 2.05) is 0 Å². The van der Waals surface area contributed by atoms with E-state index in [1.165, 1.54) is 0 Å². The maximum atomic E-state index is 12.0. The third kappa shape index (κ3) is 4.93. The zero-order valence-corrected chi connectivity index (χ0v) is 12.9. The second-order valence-electron chi connectivity index (χ2n) is 6.16. The van der Waals surface area contributed by atoms with Gasteiger partial charge in [-0.3, -0.25) is 19.2 Å². The van der Waals surface area contributed by atoms with E-state index in [4.69, 9.17) is 0 Å². The average molecular weight is 308 g/mol. The van der Waals surface area contributed by atoms with Crippen LogP contribution in [0.3, 0.4) is 0 Å². The fraction of sp³-hybridized carbons (Fsp3) is 0.750. The van der Waals surface area contributed by atoms with Gasteiger partial charge in [0, 0.05) is 25.7 Å². The number of rotatable bonds is 7. The summed E-state index contributed by atoms with van der Waals surface area (Å²) in [5, 5.41) is 5.44. The van der Waals surface area contributed by atoms with Gasteiger partial charge >= 0.3 is 0 Å². The van der Waals surface area contributed by atoms with Gasteiger partial charge in [-0.05, 0) is 38.5 Å². The van der Waals surface area contributed by atoms with Crippen molar-refractivity contribution in [2.45, 2.75) is 76.3 Å². The van der Waals surface area contributed by atoms with Gasteiger partial charge < -0.3 is 10.6 Å². The number of carbonyl (C=O) groups excluding carboxylic acids is 4. The molecule has 0 aromatic carbocycles. The van der Waals surface area contributed by atoms with E-state index < -0.39 is 0 Å². The van der Waals surface area contributed by atoms with Crippen molar-refractivity contribution in [2.24, 2.45) is 0 Å². The lowest BCUT2D eigenvalue weighted by molar-refractivity contribution is -0.130. The number of amides is 2. The Hall–Kier alpha value is -1.72. The summed E-state index contributed by atoms with van der Waals surface area (Å²) in [4.78, 5) is 46.5. The molecular weight excluding hydrogens is 284 g/mol. The molecule has 2 saturated heterocycles. The largest absolute Gasteiger partial charge is 0.346 e. The molecule has 2 unspecified atom stereocenters. The normalized spacial score (nSPS) is 25.3. The SMILES string of the molecule is O=C1CCCC(C(=O)CCCCC(=O)C2CCCC(=O)N2)N1. The molecule has 2 rings (SSSR count). The van der Waals surface area contributed by atoms with E-state index in [2.05, 4.69) is 10.6 Å². The molecule has 0 bridgehead atoms. The van der Waals surface area contributed by atoms with Gasteiger partial charge in [0.25, 0.3) is 0 Å². The van der Waals surface area contributed by atoms with Crippen LogP contribution in [-0.4, -0.2) is 35.5 Å². The highest BCUT2D eigenvalue weighted by Crippen LogP contribution is 2.14. The molecular formula is C16H24N2O4. The summed E-state index contributed by atoms with van der Waals surface area (Å²) in [5.41, 5.74) is 0. The maximum absolute atomic E-state index is 12.0. The van der Waals surface area contributed by atoms with Crippen LogP contribution in [0.25, 0.3) is 0 Å². The number of ketones is 2. The molecule has 2 fully saturated rings. The summed E-state index contributed by atoms with van der Waals surface area (Å²) in [7, 11) is 0. The van der Waals surface area contributed by atoms with Crippen LogP contribution in [0.5, 0.6) is 0 Å². The first-order chi connectivity index (χ1) is 10.6. The lowest BCUT2D eigenvalue weighted by Gasteiger charge is -2.22. The Balaban J connectivity index is 1.62. The minimum atomic E-state index is -0.338. The molecule has 0 radical (unpaired) electrons. The number of hydrogen-bond donors (Lipinski definition) is 2. The number of piperidine rings is 2. The Bertz CT molecular complexity index is 419. The van der Waals surface area contributed by atoms with Crippen molar-refractivity contribution in [3.05, 3.63) is 0 Å². The topological polar surface area (TPSA) is 92.3 Å². The van der Waals surface area contributed by atoms with Crippen molar-refractivity contribution in [2.75, 3.05) is 0 Å². The van der Waals surface area contributed by atoms with Crippen LogP contribution in [0.1, 0.15) is 64.2 Å². The lowest BCUT2D eigenvalue weighted by atomic mass is 9.95. The first-order valence-corrected chi connectivity index (χ1v) is 8.20. The van der Waals surface area contributed by atoms with Crippen molar-refractivity contribution in [3.8, 4) is 0 Å². The highest BCUT2D eigenvalue weighted by Gasteiger charge is 2.25. The zero-order valence-electron chi connectivity index (χ0n) is 12.9. The predicted molar refractivity (Wildman–Crippen MR) is 80.0 cm³/mol. The fourth-order valence-electron chi connectivity index (χ4n) is 3.04. The molecule has 2 aliphatic heterocycles. The Morgan fingerprint density at radius 1 is 0.818 bits per heavy atom. The molecule has 0 spiro atoms. The van der Waals surface area contributed by atoms with Crippen LogP contribution in [0.2, 0.25) is 0 Å². The van der Waals surface area contributed by atoms with Crippen LogP contribution in [0, 0.1) is 0 Å². The highest BCUT2D eigenvalue weighted by molar-refractivity contribution is 5.91. The molecule has 0 aromatic rings. The third-order valence-corrected chi connectivity index (χ3v) is 4.34. The van der Waals surface area contributed by atoms with Gasteiger partial charge in [0.05, 0.1) is 12.1 Å². The second-order valence-corrected chi connectivity index (χ2v) is 6.16. The molecule has 2 heterocycles. The van der Waals surface area contributed by atoms with Crippen LogP contribution >= 0.6 is 0 Å². The molecule has 22 heavy (non-hydrogen) atoms. The molecule has 6 heteroatoms. The highest BCUT2D eigenvalue weighted by atomic mass is 16.2. The molecule has 2 aliphatic rings. The minimum Gasteiger partial charge on any atom is -0.346 e. The van der Waals surface area contributed by atoms with Gasteiger partial charge in [-0.2, -0.15) is 0 Å². The summed E-state index contributed by atoms with van der Waals surface area (Å²) in [6, 6.07) is -0.677. The van der Waals surface area contributed by atoms with E-state index in [9.17, 15) is 19.2 Å². The van der Waals surface area contributed by atoms with Crippen LogP contribution in [0.15, 0.2) is 0 Å². The standard InChI is InChI=1S/C16H24N2O4/c19-13(11-5-3-9-15(21)17-11)7-1-2-8-14(20)12-6-4-10-16(22)18-12/h11-12H,1-10H2,(H,17,21)(H,18,22). The van der Waals surface area contributed by atoms with Crippen LogP contribution < -0.4 is 10.6 Å². The number of Topliss-reactive ketones (excluding diaryl/α,β-unsaturated/α-hetero) is 2. The average Bonchev–Trinajstić information content (AvgIpc) is 2.51. The number of carbonyl (C=O) groups is 4. The smallest absolute Gasteiger partial charge is 0.220 e. The quantitative estimate of drug-likeness (QED) is 0.687. The van der Waals surface area contributed by atoms with Crippen molar-refractivity contribution < 1.29 is 19.2 Å². The van der Waals surface area contributed by atoms with Gasteiger partial charge in [-0.25, -0.2) is 0 Å². The summed E-state index contributed by atoms with van der Waals surface area (Å²) >= 11 is 0. The predicted octanol–water partition coefficient (Wildman–Crippen LogP) is 1.02. The van der Waals surface area contributed by atoms with E-state index in [1.54, 1.807) is 0 Å². The Labute approximate surface area is 130 Å². The lowest BCUT2D eigenvalue weighted by Crippen LogP contribution is -2.44. The molecule has 122 valence electrons. The molecule has 2 N–H and O–H groups in total. The van der Waals surface area contributed by atoms with Crippen LogP contribution in [0.4, 0.5) is 0 Å². The molecule has 0 aliphatic carbocycles. The number of unbranched alkanes of at least 4 members (excludes halogenated alkanes) is 1. The van der Waals surface area contributed by atoms with Gasteiger partial charge in [-0.1, -0.05) is 0 Å². The Morgan fingerprint density at radius 3 is 1.59 bits per heavy atom. The Kier molecular flexibility index (Phi) is 6.10. The Morgan fingerprint density at radius 2 is 1.23 bits per heavy atom. The monoisotopic (exact) mass is 308 g/mol. The van der Waals surface area contributed by atoms with Crippen molar-refractivity contribution in [1.82, 2.24) is 10.6 Å². The van der Waals surface area contributed by atoms with E-state index in [-0.39, 0.29) is 35.5 Å².